The van der Waals surface area contributed by atoms with Crippen molar-refractivity contribution in [3.8, 4) is 0 Å². The summed E-state index contributed by atoms with van der Waals surface area (Å²) in [7, 11) is 0. The summed E-state index contributed by atoms with van der Waals surface area (Å²) in [6.45, 7) is 5.22. The van der Waals surface area contributed by atoms with Gasteiger partial charge in [-0.2, -0.15) is 0 Å². The highest BCUT2D eigenvalue weighted by Crippen LogP contribution is 2.11. The maximum absolute atomic E-state index is 13.2. The summed E-state index contributed by atoms with van der Waals surface area (Å²) in [6.07, 6.45) is 1.90. The lowest BCUT2D eigenvalue weighted by atomic mass is 10.1. The molecule has 0 atom stereocenters. The van der Waals surface area contributed by atoms with Gasteiger partial charge in [-0.05, 0) is 37.5 Å². The standard InChI is InChI=1S/C16H24FN3O.ClH/c1-2-20(11-13-4-3-5-14(17)10-13)16(21)12-19-8-6-15(18)7-9-19;/h3-5,10,15H,2,6-9,11-12,18H2,1H3;1H. The summed E-state index contributed by atoms with van der Waals surface area (Å²) >= 11 is 0. The highest BCUT2D eigenvalue weighted by molar-refractivity contribution is 5.85. The zero-order valence-corrected chi connectivity index (χ0v) is 13.8. The number of nitrogens with two attached hydrogens (primary N) is 1. The molecule has 1 aliphatic heterocycles. The predicted molar refractivity (Wildman–Crippen MR) is 88.4 cm³/mol. The number of rotatable bonds is 5. The molecule has 2 rings (SSSR count). The second kappa shape index (κ2) is 9.08. The van der Waals surface area contributed by atoms with Gasteiger partial charge in [0, 0.05) is 32.2 Å². The molecule has 1 aromatic rings. The van der Waals surface area contributed by atoms with Gasteiger partial charge in [0.15, 0.2) is 0 Å². The minimum atomic E-state index is -0.263. The maximum Gasteiger partial charge on any atom is 0.237 e. The molecule has 0 bridgehead atoms. The number of carbonyl (C=O) groups is 1. The zero-order valence-electron chi connectivity index (χ0n) is 13.0. The number of hydrogen-bond acceptors (Lipinski definition) is 3. The van der Waals surface area contributed by atoms with Gasteiger partial charge in [-0.3, -0.25) is 9.69 Å². The van der Waals surface area contributed by atoms with Crippen LogP contribution in [0.1, 0.15) is 25.3 Å². The number of hydrogen-bond donors (Lipinski definition) is 1. The van der Waals surface area contributed by atoms with Crippen molar-refractivity contribution in [1.82, 2.24) is 9.80 Å². The van der Waals surface area contributed by atoms with Crippen LogP contribution in [0, 0.1) is 5.82 Å². The molecule has 0 unspecified atom stereocenters. The summed E-state index contributed by atoms with van der Waals surface area (Å²) in [5.74, 6) is -0.168. The van der Waals surface area contributed by atoms with Crippen molar-refractivity contribution in [2.75, 3.05) is 26.2 Å². The van der Waals surface area contributed by atoms with E-state index in [-0.39, 0.29) is 30.2 Å². The van der Waals surface area contributed by atoms with Gasteiger partial charge in [0.25, 0.3) is 0 Å². The zero-order chi connectivity index (χ0) is 15.2. The Bertz CT molecular complexity index is 478. The topological polar surface area (TPSA) is 49.6 Å². The molecule has 22 heavy (non-hydrogen) atoms. The quantitative estimate of drug-likeness (QED) is 0.899. The Kier molecular flexibility index (Phi) is 7.79. The van der Waals surface area contributed by atoms with E-state index in [4.69, 9.17) is 5.73 Å². The molecule has 1 saturated heterocycles. The maximum atomic E-state index is 13.2. The number of likely N-dealkylation sites (tertiary alicyclic amines) is 1. The lowest BCUT2D eigenvalue weighted by Crippen LogP contribution is -2.45. The van der Waals surface area contributed by atoms with Crippen molar-refractivity contribution in [3.05, 3.63) is 35.6 Å². The van der Waals surface area contributed by atoms with E-state index in [9.17, 15) is 9.18 Å². The molecule has 0 saturated carbocycles. The average Bonchev–Trinajstić information content (AvgIpc) is 2.47. The SMILES string of the molecule is CCN(Cc1cccc(F)c1)C(=O)CN1CCC(N)CC1.Cl. The third-order valence-corrected chi connectivity index (χ3v) is 3.99. The molecule has 1 heterocycles. The number of carbonyl (C=O) groups excluding carboxylic acids is 1. The number of nitrogens with zero attached hydrogens (tertiary/aromatic N) is 2. The number of likely N-dealkylation sites (N-methyl/N-ethyl adjacent to an activating group) is 1. The van der Waals surface area contributed by atoms with E-state index in [2.05, 4.69) is 4.90 Å². The lowest BCUT2D eigenvalue weighted by Gasteiger charge is -2.31. The summed E-state index contributed by atoms with van der Waals surface area (Å²) < 4.78 is 13.2. The average molecular weight is 330 g/mol. The normalized spacial score (nSPS) is 16.1. The molecule has 1 aliphatic rings. The first-order chi connectivity index (χ1) is 10.1. The van der Waals surface area contributed by atoms with Crippen molar-refractivity contribution in [2.24, 2.45) is 5.73 Å². The van der Waals surface area contributed by atoms with E-state index in [1.807, 2.05) is 13.0 Å². The Morgan fingerprint density at radius 1 is 1.41 bits per heavy atom. The second-order valence-corrected chi connectivity index (χ2v) is 5.65. The van der Waals surface area contributed by atoms with Crippen LogP contribution in [0.2, 0.25) is 0 Å². The molecular weight excluding hydrogens is 305 g/mol. The Morgan fingerprint density at radius 2 is 2.09 bits per heavy atom. The van der Waals surface area contributed by atoms with Crippen LogP contribution in [0.25, 0.3) is 0 Å². The smallest absolute Gasteiger partial charge is 0.237 e. The molecule has 2 N–H and O–H groups in total. The lowest BCUT2D eigenvalue weighted by molar-refractivity contribution is -0.133. The van der Waals surface area contributed by atoms with E-state index in [0.717, 1.165) is 31.5 Å². The molecular formula is C16H25ClFN3O. The van der Waals surface area contributed by atoms with Crippen LogP contribution in [0.4, 0.5) is 4.39 Å². The third kappa shape index (κ3) is 5.55. The second-order valence-electron chi connectivity index (χ2n) is 5.65. The molecule has 0 spiro atoms. The van der Waals surface area contributed by atoms with E-state index < -0.39 is 0 Å². The van der Waals surface area contributed by atoms with Gasteiger partial charge in [0.2, 0.25) is 5.91 Å². The van der Waals surface area contributed by atoms with E-state index in [1.54, 1.807) is 11.0 Å². The van der Waals surface area contributed by atoms with Crippen LogP contribution in [0.3, 0.4) is 0 Å². The van der Waals surface area contributed by atoms with Gasteiger partial charge >= 0.3 is 0 Å². The van der Waals surface area contributed by atoms with Crippen LogP contribution in [0.15, 0.2) is 24.3 Å². The van der Waals surface area contributed by atoms with Crippen molar-refractivity contribution >= 4 is 18.3 Å². The highest BCUT2D eigenvalue weighted by Gasteiger charge is 2.20. The number of piperidine rings is 1. The fourth-order valence-electron chi connectivity index (χ4n) is 2.63. The molecule has 0 aliphatic carbocycles. The monoisotopic (exact) mass is 329 g/mol. The van der Waals surface area contributed by atoms with E-state index in [1.165, 1.54) is 12.1 Å². The van der Waals surface area contributed by atoms with Crippen molar-refractivity contribution in [1.29, 1.82) is 0 Å². The van der Waals surface area contributed by atoms with Crippen LogP contribution in [-0.4, -0.2) is 47.9 Å². The number of halogens is 2. The summed E-state index contributed by atoms with van der Waals surface area (Å²) in [4.78, 5) is 16.3. The summed E-state index contributed by atoms with van der Waals surface area (Å²) in [6, 6.07) is 6.69. The summed E-state index contributed by atoms with van der Waals surface area (Å²) in [5.41, 5.74) is 6.70. The predicted octanol–water partition coefficient (Wildman–Crippen LogP) is 2.02. The minimum Gasteiger partial charge on any atom is -0.338 e. The van der Waals surface area contributed by atoms with Crippen LogP contribution < -0.4 is 5.73 Å². The van der Waals surface area contributed by atoms with E-state index >= 15 is 0 Å². The van der Waals surface area contributed by atoms with Crippen LogP contribution >= 0.6 is 12.4 Å². The first kappa shape index (κ1) is 18.9. The molecule has 124 valence electrons. The minimum absolute atomic E-state index is 0. The van der Waals surface area contributed by atoms with Gasteiger partial charge in [-0.25, -0.2) is 4.39 Å². The number of benzene rings is 1. The Labute approximate surface area is 137 Å². The molecule has 4 nitrogen and oxygen atoms in total. The molecule has 1 fully saturated rings. The molecule has 1 aromatic carbocycles. The van der Waals surface area contributed by atoms with E-state index in [0.29, 0.717) is 19.6 Å². The molecule has 0 radical (unpaired) electrons. The fraction of sp³-hybridized carbons (Fsp3) is 0.562. The van der Waals surface area contributed by atoms with Crippen LogP contribution in [-0.2, 0) is 11.3 Å². The first-order valence-electron chi connectivity index (χ1n) is 7.58. The van der Waals surface area contributed by atoms with Crippen LogP contribution in [0.5, 0.6) is 0 Å². The summed E-state index contributed by atoms with van der Waals surface area (Å²) in [5, 5.41) is 0. The fourth-order valence-corrected chi connectivity index (χ4v) is 2.63. The van der Waals surface area contributed by atoms with Crippen molar-refractivity contribution < 1.29 is 9.18 Å². The van der Waals surface area contributed by atoms with Crippen molar-refractivity contribution in [2.45, 2.75) is 32.4 Å². The van der Waals surface area contributed by atoms with Gasteiger partial charge in [0.1, 0.15) is 5.82 Å². The van der Waals surface area contributed by atoms with Gasteiger partial charge in [0.05, 0.1) is 6.54 Å². The van der Waals surface area contributed by atoms with Gasteiger partial charge in [-0.15, -0.1) is 12.4 Å². The Hall–Kier alpha value is -1.17. The molecule has 1 amide bonds. The highest BCUT2D eigenvalue weighted by atomic mass is 35.5. The molecule has 6 heteroatoms. The van der Waals surface area contributed by atoms with Gasteiger partial charge in [-0.1, -0.05) is 12.1 Å². The number of amides is 1. The largest absolute Gasteiger partial charge is 0.338 e. The van der Waals surface area contributed by atoms with Gasteiger partial charge < -0.3 is 10.6 Å². The third-order valence-electron chi connectivity index (χ3n) is 3.99. The Balaban J connectivity index is 0.00000242. The van der Waals surface area contributed by atoms with Crippen molar-refractivity contribution in [3.63, 3.8) is 0 Å². The Morgan fingerprint density at radius 3 is 2.68 bits per heavy atom. The molecule has 0 aromatic heterocycles. The first-order valence-corrected chi connectivity index (χ1v) is 7.58.